The van der Waals surface area contributed by atoms with E-state index in [0.29, 0.717) is 29.2 Å². The van der Waals surface area contributed by atoms with Crippen molar-refractivity contribution in [2.24, 2.45) is 0 Å². The average Bonchev–Trinajstić information content (AvgIpc) is 3.51. The largest absolute Gasteiger partial charge is 0.416 e. The van der Waals surface area contributed by atoms with Crippen molar-refractivity contribution >= 4 is 21.7 Å². The monoisotopic (exact) mass is 611 g/mol. The first-order valence-corrected chi connectivity index (χ1v) is 14.5. The Hall–Kier alpha value is -4.62. The summed E-state index contributed by atoms with van der Waals surface area (Å²) in [5, 5.41) is 5.89. The molecule has 1 aliphatic rings. The molecule has 222 valence electrons. The van der Waals surface area contributed by atoms with Crippen molar-refractivity contribution in [1.82, 2.24) is 19.6 Å². The molecule has 0 spiro atoms. The molecule has 43 heavy (non-hydrogen) atoms. The molecule has 13 heteroatoms. The van der Waals surface area contributed by atoms with E-state index in [9.17, 15) is 30.8 Å². The maximum atomic E-state index is 13.3. The van der Waals surface area contributed by atoms with Crippen molar-refractivity contribution in [1.29, 1.82) is 0 Å². The van der Waals surface area contributed by atoms with Gasteiger partial charge in [0.05, 0.1) is 28.4 Å². The molecule has 0 saturated carbocycles. The number of nitrogens with one attached hydrogen (secondary N) is 2. The first-order chi connectivity index (χ1) is 20.5. The topological polar surface area (TPSA) is 104 Å². The van der Waals surface area contributed by atoms with Gasteiger partial charge in [-0.1, -0.05) is 30.4 Å². The Balaban J connectivity index is 1.36. The third-order valence-corrected chi connectivity index (χ3v) is 8.50. The lowest BCUT2D eigenvalue weighted by atomic mass is 10.1. The van der Waals surface area contributed by atoms with Crippen LogP contribution in [0, 0.1) is 5.82 Å². The predicted molar refractivity (Wildman–Crippen MR) is 151 cm³/mol. The van der Waals surface area contributed by atoms with Gasteiger partial charge < -0.3 is 10.6 Å². The summed E-state index contributed by atoms with van der Waals surface area (Å²) in [4.78, 5) is 21.8. The van der Waals surface area contributed by atoms with Crippen molar-refractivity contribution < 1.29 is 30.8 Å². The molecular formula is C30H25F4N5O3S. The van der Waals surface area contributed by atoms with E-state index in [2.05, 4.69) is 20.6 Å². The number of halogens is 4. The molecule has 1 atom stereocenters. The van der Waals surface area contributed by atoms with E-state index in [-0.39, 0.29) is 18.0 Å². The summed E-state index contributed by atoms with van der Waals surface area (Å²) >= 11 is 0. The molecule has 0 bridgehead atoms. The van der Waals surface area contributed by atoms with Gasteiger partial charge in [0.1, 0.15) is 17.7 Å². The van der Waals surface area contributed by atoms with E-state index < -0.39 is 39.5 Å². The number of rotatable bonds is 9. The normalized spacial score (nSPS) is 15.4. The fourth-order valence-electron chi connectivity index (χ4n) is 4.45. The summed E-state index contributed by atoms with van der Waals surface area (Å²) in [6.07, 6.45) is 0.178. The third-order valence-electron chi connectivity index (χ3n) is 6.64. The van der Waals surface area contributed by atoms with Gasteiger partial charge in [-0.05, 0) is 66.2 Å². The zero-order valence-corrected chi connectivity index (χ0v) is 23.2. The van der Waals surface area contributed by atoms with Crippen molar-refractivity contribution in [3.8, 4) is 11.3 Å². The van der Waals surface area contributed by atoms with Crippen LogP contribution in [0.15, 0.2) is 102 Å². The molecule has 3 heterocycles. The lowest BCUT2D eigenvalue weighted by molar-refractivity contribution is -0.137. The molecular weight excluding hydrogens is 586 g/mol. The van der Waals surface area contributed by atoms with E-state index in [4.69, 9.17) is 0 Å². The molecule has 0 saturated heterocycles. The lowest BCUT2D eigenvalue weighted by Gasteiger charge is -2.23. The molecule has 2 aromatic carbocycles. The molecule has 8 nitrogen and oxygen atoms in total. The number of nitrogens with zero attached hydrogens (tertiary/aromatic N) is 3. The second-order valence-corrected chi connectivity index (χ2v) is 11.5. The number of carbonyl (C=O) groups excluding carboxylic acids is 1. The SMILES string of the molecule is O=C(NCc1cc(NCc2ccccn2)nc(-c2ccc(C(F)(F)F)cc2)c1)[C@@H]1C=CCN1S(=O)(=O)c1ccc(F)cc1. The average molecular weight is 612 g/mol. The highest BCUT2D eigenvalue weighted by Crippen LogP contribution is 2.31. The van der Waals surface area contributed by atoms with Crippen LogP contribution < -0.4 is 10.6 Å². The number of benzene rings is 2. The van der Waals surface area contributed by atoms with Gasteiger partial charge in [-0.2, -0.15) is 17.5 Å². The van der Waals surface area contributed by atoms with E-state index in [1.165, 1.54) is 18.2 Å². The maximum absolute atomic E-state index is 13.3. The van der Waals surface area contributed by atoms with E-state index in [0.717, 1.165) is 46.4 Å². The Labute approximate surface area is 245 Å². The number of anilines is 1. The Morgan fingerprint density at radius 2 is 1.72 bits per heavy atom. The van der Waals surface area contributed by atoms with E-state index in [1.54, 1.807) is 30.5 Å². The van der Waals surface area contributed by atoms with Gasteiger partial charge in [0, 0.05) is 24.8 Å². The van der Waals surface area contributed by atoms with Crippen LogP contribution in [0.1, 0.15) is 16.8 Å². The standard InChI is InChI=1S/C30H25F4N5O3S/c31-23-10-12-25(13-11-23)43(41,42)39-15-3-5-27(39)29(40)37-18-20-16-26(21-6-8-22(9-7-21)30(32,33)34)38-28(17-20)36-19-24-4-1-2-14-35-24/h1-14,16-17,27H,15,18-19H2,(H,36,38)(H,37,40)/t27-/m0/s1. The number of aromatic nitrogens is 2. The minimum atomic E-state index is -4.49. The lowest BCUT2D eigenvalue weighted by Crippen LogP contribution is -2.45. The maximum Gasteiger partial charge on any atom is 0.416 e. The molecule has 0 aliphatic carbocycles. The van der Waals surface area contributed by atoms with E-state index in [1.807, 2.05) is 12.1 Å². The molecule has 1 amide bonds. The summed E-state index contributed by atoms with van der Waals surface area (Å²) in [6.45, 7) is 0.258. The van der Waals surface area contributed by atoms with Crippen LogP contribution in [0.3, 0.4) is 0 Å². The number of carbonyl (C=O) groups is 1. The highest BCUT2D eigenvalue weighted by Gasteiger charge is 2.36. The molecule has 0 radical (unpaired) electrons. The Kier molecular flexibility index (Phi) is 8.55. The van der Waals surface area contributed by atoms with Gasteiger partial charge in [-0.3, -0.25) is 9.78 Å². The highest BCUT2D eigenvalue weighted by molar-refractivity contribution is 7.89. The zero-order valence-electron chi connectivity index (χ0n) is 22.4. The summed E-state index contributed by atoms with van der Waals surface area (Å²) in [5.41, 5.74) is 1.30. The smallest absolute Gasteiger partial charge is 0.364 e. The Bertz CT molecular complexity index is 1730. The molecule has 4 aromatic rings. The fourth-order valence-corrected chi connectivity index (χ4v) is 5.94. The third kappa shape index (κ3) is 7.07. The van der Waals surface area contributed by atoms with Crippen molar-refractivity contribution in [2.45, 2.75) is 30.2 Å². The van der Waals surface area contributed by atoms with Gasteiger partial charge in [0.25, 0.3) is 0 Å². The van der Waals surface area contributed by atoms with Crippen molar-refractivity contribution in [3.05, 3.63) is 120 Å². The first-order valence-electron chi connectivity index (χ1n) is 13.0. The number of sulfonamides is 1. The molecule has 2 N–H and O–H groups in total. The molecule has 2 aromatic heterocycles. The van der Waals surface area contributed by atoms with Crippen molar-refractivity contribution in [2.75, 3.05) is 11.9 Å². The van der Waals surface area contributed by atoms with Crippen LogP contribution in [-0.4, -0.2) is 41.2 Å². The minimum absolute atomic E-state index is 0.0258. The number of alkyl halides is 3. The molecule has 1 aliphatic heterocycles. The van der Waals surface area contributed by atoms with Gasteiger partial charge >= 0.3 is 6.18 Å². The summed E-state index contributed by atoms with van der Waals surface area (Å²) in [6, 6.07) is 16.5. The minimum Gasteiger partial charge on any atom is -0.364 e. The van der Waals surface area contributed by atoms with Gasteiger partial charge in [-0.25, -0.2) is 17.8 Å². The van der Waals surface area contributed by atoms with E-state index >= 15 is 0 Å². The Morgan fingerprint density at radius 1 is 0.977 bits per heavy atom. The van der Waals surface area contributed by atoms with Crippen LogP contribution in [0.5, 0.6) is 0 Å². The Morgan fingerprint density at radius 3 is 2.40 bits per heavy atom. The van der Waals surface area contributed by atoms with Gasteiger partial charge in [0.15, 0.2) is 0 Å². The fraction of sp³-hybridized carbons (Fsp3) is 0.167. The first kappa shape index (κ1) is 29.9. The van der Waals surface area contributed by atoms with Gasteiger partial charge in [0.2, 0.25) is 15.9 Å². The summed E-state index contributed by atoms with van der Waals surface area (Å²) in [5.74, 6) is -0.779. The zero-order chi connectivity index (χ0) is 30.6. The quantitative estimate of drug-likeness (QED) is 0.200. The van der Waals surface area contributed by atoms with Crippen LogP contribution in [0.2, 0.25) is 0 Å². The molecule has 5 rings (SSSR count). The summed E-state index contributed by atoms with van der Waals surface area (Å²) in [7, 11) is -4.09. The second kappa shape index (κ2) is 12.3. The molecule has 0 unspecified atom stereocenters. The van der Waals surface area contributed by atoms with Crippen molar-refractivity contribution in [3.63, 3.8) is 0 Å². The summed E-state index contributed by atoms with van der Waals surface area (Å²) < 4.78 is 79.9. The number of hydrogen-bond donors (Lipinski definition) is 2. The predicted octanol–water partition coefficient (Wildman–Crippen LogP) is 5.16. The highest BCUT2D eigenvalue weighted by atomic mass is 32.2. The number of hydrogen-bond acceptors (Lipinski definition) is 6. The number of amides is 1. The van der Waals surface area contributed by atoms with Crippen LogP contribution in [-0.2, 0) is 34.1 Å². The van der Waals surface area contributed by atoms with Crippen LogP contribution in [0.4, 0.5) is 23.4 Å². The molecule has 0 fully saturated rings. The van der Waals surface area contributed by atoms with Gasteiger partial charge in [-0.15, -0.1) is 0 Å². The number of pyridine rings is 2. The second-order valence-electron chi connectivity index (χ2n) is 9.62. The van der Waals surface area contributed by atoms with Crippen LogP contribution >= 0.6 is 0 Å². The van der Waals surface area contributed by atoms with Crippen LogP contribution in [0.25, 0.3) is 11.3 Å².